The van der Waals surface area contributed by atoms with Crippen LogP contribution in [0.2, 0.25) is 0 Å². The molecule has 0 spiro atoms. The van der Waals surface area contributed by atoms with Crippen LogP contribution >= 0.6 is 0 Å². The lowest BCUT2D eigenvalue weighted by Gasteiger charge is -1.98. The molecule has 0 unspecified atom stereocenters. The van der Waals surface area contributed by atoms with Crippen LogP contribution in [-0.4, -0.2) is 9.97 Å². The Morgan fingerprint density at radius 3 is 2.89 bits per heavy atom. The zero-order chi connectivity index (χ0) is 13.1. The smallest absolute Gasteiger partial charge is 0.203 e. The van der Waals surface area contributed by atoms with Crippen molar-refractivity contribution in [2.45, 2.75) is 13.1 Å². The lowest BCUT2D eigenvalue weighted by atomic mass is 10.3. The van der Waals surface area contributed by atoms with E-state index in [1.807, 2.05) is 30.3 Å². The van der Waals surface area contributed by atoms with Gasteiger partial charge in [-0.05, 0) is 24.3 Å². The molecular weight excluding hydrogens is 240 g/mol. The minimum absolute atomic E-state index is 0.334. The maximum absolute atomic E-state index is 8.66. The molecule has 94 valence electrons. The first-order chi connectivity index (χ1) is 9.35. The van der Waals surface area contributed by atoms with E-state index in [0.717, 1.165) is 22.6 Å². The normalized spacial score (nSPS) is 10.7. The number of aromatic nitrogens is 2. The highest BCUT2D eigenvalue weighted by molar-refractivity contribution is 5.74. The Kier molecular flexibility index (Phi) is 3.01. The molecule has 0 aliphatic carbocycles. The number of hydrogen-bond donors (Lipinski definition) is 2. The van der Waals surface area contributed by atoms with Gasteiger partial charge in [0.1, 0.15) is 17.7 Å². The number of para-hydroxylation sites is 2. The van der Waals surface area contributed by atoms with Gasteiger partial charge in [0, 0.05) is 0 Å². The van der Waals surface area contributed by atoms with Crippen molar-refractivity contribution < 1.29 is 4.42 Å². The molecular formula is C14H12N4O. The molecule has 2 N–H and O–H groups in total. The summed E-state index contributed by atoms with van der Waals surface area (Å²) in [7, 11) is 0. The van der Waals surface area contributed by atoms with E-state index < -0.39 is 0 Å². The van der Waals surface area contributed by atoms with Gasteiger partial charge in [-0.1, -0.05) is 12.1 Å². The van der Waals surface area contributed by atoms with Crippen molar-refractivity contribution >= 4 is 11.0 Å². The first-order valence-electron chi connectivity index (χ1n) is 5.98. The number of furan rings is 1. The highest BCUT2D eigenvalue weighted by Gasteiger charge is 2.03. The van der Waals surface area contributed by atoms with Gasteiger partial charge in [-0.3, -0.25) is 0 Å². The molecule has 0 aliphatic rings. The second-order valence-corrected chi connectivity index (χ2v) is 4.18. The molecule has 5 heteroatoms. The third-order valence-corrected chi connectivity index (χ3v) is 2.80. The number of nitriles is 1. The zero-order valence-corrected chi connectivity index (χ0v) is 10.2. The summed E-state index contributed by atoms with van der Waals surface area (Å²) < 4.78 is 5.28. The minimum atomic E-state index is 0.334. The van der Waals surface area contributed by atoms with E-state index in [4.69, 9.17) is 9.68 Å². The van der Waals surface area contributed by atoms with Gasteiger partial charge in [0.2, 0.25) is 5.76 Å². The summed E-state index contributed by atoms with van der Waals surface area (Å²) in [5.41, 5.74) is 1.99. The lowest BCUT2D eigenvalue weighted by Crippen LogP contribution is -2.13. The van der Waals surface area contributed by atoms with Crippen LogP contribution in [0.1, 0.15) is 17.3 Å². The number of hydrogen-bond acceptors (Lipinski definition) is 4. The van der Waals surface area contributed by atoms with Crippen molar-refractivity contribution in [3.8, 4) is 6.07 Å². The van der Waals surface area contributed by atoms with Crippen molar-refractivity contribution in [2.75, 3.05) is 0 Å². The number of benzene rings is 1. The summed E-state index contributed by atoms with van der Waals surface area (Å²) in [6.07, 6.45) is 0. The molecule has 0 bridgehead atoms. The Labute approximate surface area is 109 Å². The largest absolute Gasteiger partial charge is 0.449 e. The Balaban J connectivity index is 1.61. The van der Waals surface area contributed by atoms with Gasteiger partial charge in [0.25, 0.3) is 0 Å². The summed E-state index contributed by atoms with van der Waals surface area (Å²) in [6, 6.07) is 13.3. The highest BCUT2D eigenvalue weighted by Crippen LogP contribution is 2.10. The zero-order valence-electron chi connectivity index (χ0n) is 10.2. The monoisotopic (exact) mass is 252 g/mol. The summed E-state index contributed by atoms with van der Waals surface area (Å²) in [4.78, 5) is 7.71. The van der Waals surface area contributed by atoms with Crippen molar-refractivity contribution in [3.63, 3.8) is 0 Å². The van der Waals surface area contributed by atoms with Crippen LogP contribution in [0, 0.1) is 11.3 Å². The molecule has 0 amide bonds. The molecule has 0 fully saturated rings. The van der Waals surface area contributed by atoms with E-state index >= 15 is 0 Å². The first-order valence-corrected chi connectivity index (χ1v) is 5.98. The number of nitrogens with zero attached hydrogens (tertiary/aromatic N) is 2. The highest BCUT2D eigenvalue weighted by atomic mass is 16.3. The Morgan fingerprint density at radius 1 is 1.21 bits per heavy atom. The third-order valence-electron chi connectivity index (χ3n) is 2.80. The fraction of sp³-hybridized carbons (Fsp3) is 0.143. The minimum Gasteiger partial charge on any atom is -0.449 e. The van der Waals surface area contributed by atoms with E-state index in [-0.39, 0.29) is 0 Å². The van der Waals surface area contributed by atoms with Crippen molar-refractivity contribution in [3.05, 3.63) is 53.7 Å². The van der Waals surface area contributed by atoms with Crippen molar-refractivity contribution in [2.24, 2.45) is 0 Å². The molecule has 2 aromatic heterocycles. The second-order valence-electron chi connectivity index (χ2n) is 4.18. The fourth-order valence-corrected chi connectivity index (χ4v) is 1.93. The third kappa shape index (κ3) is 2.49. The standard InChI is InChI=1S/C14H12N4O/c15-7-10-5-6-11(19-10)8-16-9-14-17-12-3-1-2-4-13(12)18-14/h1-6,16H,8-9H2,(H,17,18). The van der Waals surface area contributed by atoms with Gasteiger partial charge in [-0.15, -0.1) is 0 Å². The van der Waals surface area contributed by atoms with E-state index in [9.17, 15) is 0 Å². The number of rotatable bonds is 4. The molecule has 19 heavy (non-hydrogen) atoms. The lowest BCUT2D eigenvalue weighted by molar-refractivity contribution is 0.472. The number of aromatic amines is 1. The van der Waals surface area contributed by atoms with Crippen molar-refractivity contribution in [1.82, 2.24) is 15.3 Å². The first kappa shape index (κ1) is 11.5. The predicted molar refractivity (Wildman–Crippen MR) is 70.1 cm³/mol. The molecule has 0 atom stereocenters. The molecule has 2 heterocycles. The Bertz CT molecular complexity index is 702. The van der Waals surface area contributed by atoms with Crippen molar-refractivity contribution in [1.29, 1.82) is 5.26 Å². The van der Waals surface area contributed by atoms with Gasteiger partial charge in [0.05, 0.1) is 24.1 Å². The van der Waals surface area contributed by atoms with Crippen LogP contribution in [0.3, 0.4) is 0 Å². The van der Waals surface area contributed by atoms with Gasteiger partial charge >= 0.3 is 0 Å². The van der Waals surface area contributed by atoms with E-state index in [0.29, 0.717) is 18.8 Å². The number of imidazole rings is 1. The number of nitrogens with one attached hydrogen (secondary N) is 2. The molecule has 0 aliphatic heterocycles. The summed E-state index contributed by atoms with van der Waals surface area (Å²) >= 11 is 0. The van der Waals surface area contributed by atoms with Crippen LogP contribution in [0.25, 0.3) is 11.0 Å². The van der Waals surface area contributed by atoms with Crippen LogP contribution in [0.5, 0.6) is 0 Å². The number of H-pyrrole nitrogens is 1. The molecule has 0 radical (unpaired) electrons. The van der Waals surface area contributed by atoms with Gasteiger partial charge < -0.3 is 14.7 Å². The molecule has 3 aromatic rings. The SMILES string of the molecule is N#Cc1ccc(CNCc2nc3ccccc3[nH]2)o1. The summed E-state index contributed by atoms with van der Waals surface area (Å²) in [5, 5.41) is 11.9. The average Bonchev–Trinajstić information content (AvgIpc) is 3.04. The van der Waals surface area contributed by atoms with Crippen LogP contribution in [-0.2, 0) is 13.1 Å². The topological polar surface area (TPSA) is 77.6 Å². The second kappa shape index (κ2) is 4.96. The maximum atomic E-state index is 8.66. The molecule has 3 rings (SSSR count). The quantitative estimate of drug-likeness (QED) is 0.747. The van der Waals surface area contributed by atoms with E-state index in [2.05, 4.69) is 15.3 Å². The van der Waals surface area contributed by atoms with Crippen LogP contribution < -0.4 is 5.32 Å². The summed E-state index contributed by atoms with van der Waals surface area (Å²) in [5.74, 6) is 1.96. The van der Waals surface area contributed by atoms with E-state index in [1.165, 1.54) is 0 Å². The fourth-order valence-electron chi connectivity index (χ4n) is 1.93. The number of fused-ring (bicyclic) bond motifs is 1. The maximum Gasteiger partial charge on any atom is 0.203 e. The van der Waals surface area contributed by atoms with E-state index in [1.54, 1.807) is 12.1 Å². The average molecular weight is 252 g/mol. The van der Waals surface area contributed by atoms with Crippen LogP contribution in [0.4, 0.5) is 0 Å². The molecule has 0 saturated heterocycles. The molecule has 1 aromatic carbocycles. The molecule has 5 nitrogen and oxygen atoms in total. The Morgan fingerprint density at radius 2 is 2.11 bits per heavy atom. The Hall–Kier alpha value is -2.58. The predicted octanol–water partition coefficient (Wildman–Crippen LogP) is 2.32. The molecule has 0 saturated carbocycles. The summed E-state index contributed by atoms with van der Waals surface area (Å²) in [6.45, 7) is 1.19. The van der Waals surface area contributed by atoms with Gasteiger partial charge in [0.15, 0.2) is 0 Å². The van der Waals surface area contributed by atoms with Gasteiger partial charge in [-0.2, -0.15) is 5.26 Å². The van der Waals surface area contributed by atoms with Crippen LogP contribution in [0.15, 0.2) is 40.8 Å². The van der Waals surface area contributed by atoms with Gasteiger partial charge in [-0.25, -0.2) is 4.98 Å².